The molecule has 0 bridgehead atoms. The molecule has 3 atom stereocenters. The zero-order valence-corrected chi connectivity index (χ0v) is 21.0. The van der Waals surface area contributed by atoms with Crippen LogP contribution in [0.25, 0.3) is 0 Å². The number of hydrogen-bond acceptors (Lipinski definition) is 6. The lowest BCUT2D eigenvalue weighted by molar-refractivity contribution is -0.163. The van der Waals surface area contributed by atoms with Crippen LogP contribution in [0.15, 0.2) is 30.3 Å². The molecule has 1 aromatic carbocycles. The van der Waals surface area contributed by atoms with Crippen LogP contribution in [0.4, 0.5) is 4.79 Å². The van der Waals surface area contributed by atoms with Crippen molar-refractivity contribution in [2.75, 3.05) is 18.8 Å². The second-order valence-corrected chi connectivity index (χ2v) is 10.4. The molecule has 1 aliphatic rings. The zero-order chi connectivity index (χ0) is 25.3. The number of nitrogens with one attached hydrogen (secondary N) is 2. The van der Waals surface area contributed by atoms with Gasteiger partial charge < -0.3 is 25.4 Å². The van der Waals surface area contributed by atoms with Crippen molar-refractivity contribution in [3.05, 3.63) is 35.9 Å². The van der Waals surface area contributed by atoms with Gasteiger partial charge in [0.25, 0.3) is 0 Å². The summed E-state index contributed by atoms with van der Waals surface area (Å²) < 4.78 is 5.51. The Balaban J connectivity index is 1.97. The van der Waals surface area contributed by atoms with Crippen molar-refractivity contribution in [2.24, 2.45) is 0 Å². The molecule has 1 aliphatic heterocycles. The number of amides is 3. The fourth-order valence-electron chi connectivity index (χ4n) is 3.59. The predicted molar refractivity (Wildman–Crippen MR) is 130 cm³/mol. The number of benzene rings is 1. The summed E-state index contributed by atoms with van der Waals surface area (Å²) in [5, 5.41) is 14.3. The van der Waals surface area contributed by atoms with E-state index in [0.29, 0.717) is 11.3 Å². The Kier molecular flexibility index (Phi) is 10.2. The van der Waals surface area contributed by atoms with Gasteiger partial charge in [0.15, 0.2) is 0 Å². The zero-order valence-electron chi connectivity index (χ0n) is 20.2. The van der Waals surface area contributed by atoms with Gasteiger partial charge in [0.1, 0.15) is 11.6 Å². The van der Waals surface area contributed by atoms with E-state index in [1.54, 1.807) is 62.9 Å². The first-order chi connectivity index (χ1) is 16.0. The van der Waals surface area contributed by atoms with Crippen LogP contribution >= 0.6 is 11.8 Å². The van der Waals surface area contributed by atoms with Crippen molar-refractivity contribution in [2.45, 2.75) is 69.9 Å². The van der Waals surface area contributed by atoms with Gasteiger partial charge in [0.05, 0.1) is 17.8 Å². The number of hydrogen-bond donors (Lipinski definition) is 3. The summed E-state index contributed by atoms with van der Waals surface area (Å²) in [5.41, 5.74) is -0.102. The third-order valence-electron chi connectivity index (χ3n) is 5.23. The van der Waals surface area contributed by atoms with Crippen LogP contribution in [-0.2, 0) is 19.1 Å². The molecule has 3 N–H and O–H groups in total. The first kappa shape index (κ1) is 27.5. The van der Waals surface area contributed by atoms with Gasteiger partial charge in [-0.05, 0) is 32.8 Å². The van der Waals surface area contributed by atoms with Crippen LogP contribution in [0, 0.1) is 0 Å². The molecule has 1 saturated heterocycles. The number of carboxylic acids is 1. The number of rotatable bonds is 10. The number of carboxylic acid groups (broad SMARTS) is 1. The lowest BCUT2D eigenvalue weighted by Gasteiger charge is -2.30. The minimum atomic E-state index is -1.06. The summed E-state index contributed by atoms with van der Waals surface area (Å²) in [4.78, 5) is 51.2. The Morgan fingerprint density at radius 2 is 1.85 bits per heavy atom. The lowest BCUT2D eigenvalue weighted by Crippen LogP contribution is -2.52. The third kappa shape index (κ3) is 8.23. The van der Waals surface area contributed by atoms with E-state index in [1.807, 2.05) is 0 Å². The smallest absolute Gasteiger partial charge is 0.330 e. The van der Waals surface area contributed by atoms with Crippen molar-refractivity contribution in [1.29, 1.82) is 0 Å². The van der Waals surface area contributed by atoms with Gasteiger partial charge in [-0.15, -0.1) is 11.8 Å². The minimum Gasteiger partial charge on any atom is -0.481 e. The van der Waals surface area contributed by atoms with E-state index in [0.717, 1.165) is 19.3 Å². The number of unbranched alkanes of at least 4 members (excludes halogenated alkanes) is 1. The van der Waals surface area contributed by atoms with Crippen LogP contribution in [0.5, 0.6) is 0 Å². The highest BCUT2D eigenvalue weighted by Gasteiger charge is 2.42. The van der Waals surface area contributed by atoms with Gasteiger partial charge in [-0.25, -0.2) is 9.59 Å². The van der Waals surface area contributed by atoms with E-state index in [4.69, 9.17) is 4.74 Å². The van der Waals surface area contributed by atoms with E-state index in [1.165, 1.54) is 4.90 Å². The van der Waals surface area contributed by atoms with Gasteiger partial charge in [0, 0.05) is 12.3 Å². The van der Waals surface area contributed by atoms with Crippen LogP contribution < -0.4 is 10.6 Å². The highest BCUT2D eigenvalue weighted by molar-refractivity contribution is 8.00. The van der Waals surface area contributed by atoms with E-state index < -0.39 is 35.5 Å². The molecule has 1 unspecified atom stereocenters. The third-order valence-corrected chi connectivity index (χ3v) is 6.59. The van der Waals surface area contributed by atoms with Crippen molar-refractivity contribution >= 4 is 35.6 Å². The van der Waals surface area contributed by atoms with Crippen LogP contribution in [0.3, 0.4) is 0 Å². The maximum absolute atomic E-state index is 13.0. The molecule has 10 heteroatoms. The van der Waals surface area contributed by atoms with E-state index in [-0.39, 0.29) is 24.4 Å². The molecule has 188 valence electrons. The van der Waals surface area contributed by atoms with E-state index in [9.17, 15) is 24.3 Å². The molecule has 0 radical (unpaired) electrons. The predicted octanol–water partition coefficient (Wildman–Crippen LogP) is 2.96. The van der Waals surface area contributed by atoms with Crippen molar-refractivity contribution in [3.63, 3.8) is 0 Å². The van der Waals surface area contributed by atoms with Gasteiger partial charge >= 0.3 is 18.0 Å². The second-order valence-electron chi connectivity index (χ2n) is 9.15. The summed E-state index contributed by atoms with van der Waals surface area (Å²) >= 11 is 1.54. The second kappa shape index (κ2) is 12.6. The van der Waals surface area contributed by atoms with E-state index in [2.05, 4.69) is 17.6 Å². The SMILES string of the molecule is CCCC[C@@H]1SC[C@@H](C(=O)OC(C)(C)C)N1C(=O)CNC(=O)NCC(C(=O)O)c1ccccc1. The maximum atomic E-state index is 13.0. The minimum absolute atomic E-state index is 0.126. The number of carbonyl (C=O) groups is 4. The highest BCUT2D eigenvalue weighted by atomic mass is 32.2. The average molecular weight is 494 g/mol. The average Bonchev–Trinajstić information content (AvgIpc) is 3.19. The molecule has 2 rings (SSSR count). The van der Waals surface area contributed by atoms with Gasteiger partial charge in [-0.1, -0.05) is 50.1 Å². The Labute approximate surface area is 205 Å². The fraction of sp³-hybridized carbons (Fsp3) is 0.583. The molecule has 0 spiro atoms. The molecule has 3 amide bonds. The molecule has 0 aromatic heterocycles. The van der Waals surface area contributed by atoms with Gasteiger partial charge in [0.2, 0.25) is 5.91 Å². The summed E-state index contributed by atoms with van der Waals surface area (Å²) in [7, 11) is 0. The molecule has 1 aromatic rings. The summed E-state index contributed by atoms with van der Waals surface area (Å²) in [6, 6.07) is 7.24. The molecule has 9 nitrogen and oxygen atoms in total. The normalized spacial score (nSPS) is 18.8. The highest BCUT2D eigenvalue weighted by Crippen LogP contribution is 2.33. The molecule has 1 heterocycles. The van der Waals surface area contributed by atoms with E-state index >= 15 is 0 Å². The Bertz CT molecular complexity index is 858. The number of ether oxygens (including phenoxy) is 1. The number of aliphatic carboxylic acids is 1. The molecule has 1 fully saturated rings. The molecule has 0 saturated carbocycles. The molecule has 0 aliphatic carbocycles. The fourth-order valence-corrected chi connectivity index (χ4v) is 5.05. The van der Waals surface area contributed by atoms with Crippen LogP contribution in [-0.4, -0.2) is 69.7 Å². The maximum Gasteiger partial charge on any atom is 0.330 e. The lowest BCUT2D eigenvalue weighted by atomic mass is 9.99. The van der Waals surface area contributed by atoms with Gasteiger partial charge in [-0.3, -0.25) is 9.59 Å². The molecular weight excluding hydrogens is 458 g/mol. The topological polar surface area (TPSA) is 125 Å². The number of esters is 1. The summed E-state index contributed by atoms with van der Waals surface area (Å²) in [5.74, 6) is -2.36. The largest absolute Gasteiger partial charge is 0.481 e. The van der Waals surface area contributed by atoms with Crippen molar-refractivity contribution in [3.8, 4) is 0 Å². The first-order valence-corrected chi connectivity index (χ1v) is 12.5. The standard InChI is InChI=1S/C24H35N3O6S/c1-5-6-12-20-27(18(15-34-20)22(31)33-24(2,3)4)19(28)14-26-23(32)25-13-17(21(29)30)16-10-8-7-9-11-16/h7-11,17-18,20H,5-6,12-15H2,1-4H3,(H,29,30)(H2,25,26,32)/t17?,18-,20-/m0/s1. The van der Waals surface area contributed by atoms with Gasteiger partial charge in [-0.2, -0.15) is 0 Å². The first-order valence-electron chi connectivity index (χ1n) is 11.5. The van der Waals surface area contributed by atoms with Crippen molar-refractivity contribution < 1.29 is 29.0 Å². The number of thioether (sulfide) groups is 1. The van der Waals surface area contributed by atoms with Crippen LogP contribution in [0.1, 0.15) is 58.4 Å². The molecule has 34 heavy (non-hydrogen) atoms. The summed E-state index contributed by atoms with van der Waals surface area (Å²) in [6.45, 7) is 6.96. The van der Waals surface area contributed by atoms with Crippen molar-refractivity contribution in [1.82, 2.24) is 15.5 Å². The number of carbonyl (C=O) groups excluding carboxylic acids is 3. The number of nitrogens with zero attached hydrogens (tertiary/aromatic N) is 1. The Hall–Kier alpha value is -2.75. The summed E-state index contributed by atoms with van der Waals surface area (Å²) in [6.07, 6.45) is 2.62. The molecular formula is C24H35N3O6S. The Morgan fingerprint density at radius 1 is 1.18 bits per heavy atom. The quantitative estimate of drug-likeness (QED) is 0.428. The monoisotopic (exact) mass is 493 g/mol. The number of urea groups is 1. The Morgan fingerprint density at radius 3 is 2.44 bits per heavy atom. The van der Waals surface area contributed by atoms with Crippen LogP contribution in [0.2, 0.25) is 0 Å².